The van der Waals surface area contributed by atoms with Crippen LogP contribution in [0.1, 0.15) is 42.7 Å². The number of benzene rings is 2. The van der Waals surface area contributed by atoms with E-state index in [1.54, 1.807) is 76.3 Å². The Kier molecular flexibility index (Phi) is 6.20. The molecular formula is C23H25N3O4. The lowest BCUT2D eigenvalue weighted by Crippen LogP contribution is -2.46. The number of anilines is 1. The van der Waals surface area contributed by atoms with Gasteiger partial charge in [-0.15, -0.1) is 0 Å². The van der Waals surface area contributed by atoms with Crippen LogP contribution in [0.3, 0.4) is 0 Å². The third-order valence-corrected chi connectivity index (χ3v) is 4.85. The second-order valence-electron chi connectivity index (χ2n) is 7.34. The Labute approximate surface area is 175 Å². The highest BCUT2D eigenvalue weighted by atomic mass is 16.5. The van der Waals surface area contributed by atoms with Crippen LogP contribution in [0.25, 0.3) is 0 Å². The number of ether oxygens (including phenoxy) is 1. The zero-order chi connectivity index (χ0) is 21.8. The lowest BCUT2D eigenvalue weighted by atomic mass is 9.95. The van der Waals surface area contributed by atoms with Crippen LogP contribution in [0.4, 0.5) is 10.5 Å². The van der Waals surface area contributed by atoms with Crippen LogP contribution in [0, 0.1) is 0 Å². The molecule has 0 unspecified atom stereocenters. The van der Waals surface area contributed by atoms with E-state index >= 15 is 0 Å². The molecule has 7 nitrogen and oxygen atoms in total. The van der Waals surface area contributed by atoms with Gasteiger partial charge in [0.2, 0.25) is 0 Å². The van der Waals surface area contributed by atoms with E-state index in [0.29, 0.717) is 28.1 Å². The summed E-state index contributed by atoms with van der Waals surface area (Å²) >= 11 is 0. The second-order valence-corrected chi connectivity index (χ2v) is 7.34. The number of rotatable bonds is 5. The van der Waals surface area contributed by atoms with Gasteiger partial charge in [-0.25, -0.2) is 9.59 Å². The van der Waals surface area contributed by atoms with Gasteiger partial charge in [0.15, 0.2) is 0 Å². The predicted molar refractivity (Wildman–Crippen MR) is 114 cm³/mol. The van der Waals surface area contributed by atoms with Crippen molar-refractivity contribution >= 4 is 23.6 Å². The fourth-order valence-corrected chi connectivity index (χ4v) is 3.18. The molecule has 0 saturated heterocycles. The molecule has 0 fully saturated rings. The van der Waals surface area contributed by atoms with Crippen molar-refractivity contribution in [2.75, 3.05) is 12.4 Å². The fourth-order valence-electron chi connectivity index (χ4n) is 3.18. The maximum absolute atomic E-state index is 12.7. The molecule has 3 amide bonds. The molecule has 0 aromatic heterocycles. The summed E-state index contributed by atoms with van der Waals surface area (Å²) in [7, 11) is 1.60. The number of carbonyl (C=O) groups excluding carboxylic acids is 3. The molecule has 2 aromatic carbocycles. The zero-order valence-corrected chi connectivity index (χ0v) is 17.4. The van der Waals surface area contributed by atoms with Gasteiger partial charge in [0.05, 0.1) is 17.7 Å². The van der Waals surface area contributed by atoms with Gasteiger partial charge >= 0.3 is 12.0 Å². The van der Waals surface area contributed by atoms with E-state index in [9.17, 15) is 14.4 Å². The van der Waals surface area contributed by atoms with Gasteiger partial charge in [0.1, 0.15) is 0 Å². The first-order valence-electron chi connectivity index (χ1n) is 9.70. The molecule has 1 atom stereocenters. The standard InChI is InChI=1S/C23H25N3O4/c1-14(2)30-22(28)19-15(3)26(4)23(29)25-20(19)16-10-12-18(13-11-16)24-21(27)17-8-6-5-7-9-17/h5-14,20H,1-4H3,(H,24,27)(H,25,29)/t20-/m1/s1. The Morgan fingerprint density at radius 3 is 2.30 bits per heavy atom. The minimum absolute atomic E-state index is 0.215. The van der Waals surface area contributed by atoms with Crippen LogP contribution in [0.2, 0.25) is 0 Å². The number of hydrogen-bond donors (Lipinski definition) is 2. The number of nitrogens with one attached hydrogen (secondary N) is 2. The van der Waals surface area contributed by atoms with Gasteiger partial charge < -0.3 is 20.3 Å². The topological polar surface area (TPSA) is 87.7 Å². The van der Waals surface area contributed by atoms with Crippen molar-refractivity contribution in [3.63, 3.8) is 0 Å². The molecule has 0 bridgehead atoms. The van der Waals surface area contributed by atoms with Gasteiger partial charge in [-0.2, -0.15) is 0 Å². The third-order valence-electron chi connectivity index (χ3n) is 4.85. The Balaban J connectivity index is 1.85. The average Bonchev–Trinajstić information content (AvgIpc) is 2.72. The van der Waals surface area contributed by atoms with Crippen molar-refractivity contribution in [2.45, 2.75) is 32.9 Å². The Morgan fingerprint density at radius 1 is 1.07 bits per heavy atom. The molecule has 30 heavy (non-hydrogen) atoms. The van der Waals surface area contributed by atoms with Crippen LogP contribution in [0.5, 0.6) is 0 Å². The largest absolute Gasteiger partial charge is 0.459 e. The average molecular weight is 407 g/mol. The van der Waals surface area contributed by atoms with Crippen molar-refractivity contribution in [3.8, 4) is 0 Å². The molecule has 7 heteroatoms. The number of nitrogens with zero attached hydrogens (tertiary/aromatic N) is 1. The SMILES string of the molecule is CC1=C(C(=O)OC(C)C)[C@@H](c2ccc(NC(=O)c3ccccc3)cc2)NC(=O)N1C. The number of amides is 3. The minimum Gasteiger partial charge on any atom is -0.459 e. The summed E-state index contributed by atoms with van der Waals surface area (Å²) in [4.78, 5) is 38.7. The highest BCUT2D eigenvalue weighted by molar-refractivity contribution is 6.04. The number of hydrogen-bond acceptors (Lipinski definition) is 4. The Hall–Kier alpha value is -3.61. The second kappa shape index (κ2) is 8.82. The zero-order valence-electron chi connectivity index (χ0n) is 17.4. The third kappa shape index (κ3) is 4.51. The van der Waals surface area contributed by atoms with E-state index in [-0.39, 0.29) is 18.0 Å². The smallest absolute Gasteiger partial charge is 0.338 e. The van der Waals surface area contributed by atoms with Gasteiger partial charge in [0, 0.05) is 24.0 Å². The van der Waals surface area contributed by atoms with Crippen LogP contribution in [0.15, 0.2) is 65.9 Å². The number of allylic oxidation sites excluding steroid dienone is 1. The van der Waals surface area contributed by atoms with Crippen LogP contribution in [-0.4, -0.2) is 36.0 Å². The minimum atomic E-state index is -0.640. The van der Waals surface area contributed by atoms with Crippen molar-refractivity contribution in [1.82, 2.24) is 10.2 Å². The van der Waals surface area contributed by atoms with Crippen LogP contribution < -0.4 is 10.6 Å². The first-order chi connectivity index (χ1) is 14.3. The fraction of sp³-hybridized carbons (Fsp3) is 0.261. The van der Waals surface area contributed by atoms with Crippen molar-refractivity contribution in [1.29, 1.82) is 0 Å². The molecule has 0 spiro atoms. The highest BCUT2D eigenvalue weighted by Crippen LogP contribution is 2.31. The molecule has 156 valence electrons. The summed E-state index contributed by atoms with van der Waals surface area (Å²) in [5.74, 6) is -0.686. The molecular weight excluding hydrogens is 382 g/mol. The van der Waals surface area contributed by atoms with E-state index in [1.165, 1.54) is 4.90 Å². The maximum Gasteiger partial charge on any atom is 0.338 e. The van der Waals surface area contributed by atoms with E-state index in [4.69, 9.17) is 4.74 Å². The first-order valence-corrected chi connectivity index (χ1v) is 9.70. The van der Waals surface area contributed by atoms with Crippen molar-refractivity contribution in [3.05, 3.63) is 77.0 Å². The summed E-state index contributed by atoms with van der Waals surface area (Å²) in [6.07, 6.45) is -0.281. The van der Waals surface area contributed by atoms with Gasteiger partial charge in [-0.1, -0.05) is 30.3 Å². The maximum atomic E-state index is 12.7. The van der Waals surface area contributed by atoms with Gasteiger partial charge in [-0.05, 0) is 50.6 Å². The van der Waals surface area contributed by atoms with E-state index in [1.807, 2.05) is 6.07 Å². The number of urea groups is 1. The van der Waals surface area contributed by atoms with E-state index < -0.39 is 12.0 Å². The molecule has 2 N–H and O–H groups in total. The lowest BCUT2D eigenvalue weighted by Gasteiger charge is -2.33. The lowest BCUT2D eigenvalue weighted by molar-refractivity contribution is -0.143. The molecule has 3 rings (SSSR count). The Bertz CT molecular complexity index is 981. The first kappa shape index (κ1) is 21.1. The van der Waals surface area contributed by atoms with Crippen LogP contribution in [-0.2, 0) is 9.53 Å². The molecule has 2 aromatic rings. The quantitative estimate of drug-likeness (QED) is 0.737. The molecule has 0 aliphatic carbocycles. The molecule has 0 saturated carbocycles. The van der Waals surface area contributed by atoms with Gasteiger partial charge in [-0.3, -0.25) is 4.79 Å². The van der Waals surface area contributed by atoms with E-state index in [2.05, 4.69) is 10.6 Å². The van der Waals surface area contributed by atoms with E-state index in [0.717, 1.165) is 0 Å². The normalized spacial score (nSPS) is 16.4. The van der Waals surface area contributed by atoms with Crippen LogP contribution >= 0.6 is 0 Å². The summed E-state index contributed by atoms with van der Waals surface area (Å²) in [5, 5.41) is 5.68. The summed E-state index contributed by atoms with van der Waals surface area (Å²) in [6, 6.07) is 15.0. The van der Waals surface area contributed by atoms with Crippen molar-refractivity contribution in [2.24, 2.45) is 0 Å². The molecule has 1 aliphatic heterocycles. The predicted octanol–water partition coefficient (Wildman–Crippen LogP) is 3.86. The summed E-state index contributed by atoms with van der Waals surface area (Å²) in [6.45, 7) is 5.27. The number of esters is 1. The summed E-state index contributed by atoms with van der Waals surface area (Å²) < 4.78 is 5.39. The number of carbonyl (C=O) groups is 3. The highest BCUT2D eigenvalue weighted by Gasteiger charge is 2.35. The monoisotopic (exact) mass is 407 g/mol. The molecule has 1 aliphatic rings. The Morgan fingerprint density at radius 2 is 1.70 bits per heavy atom. The summed E-state index contributed by atoms with van der Waals surface area (Å²) in [5.41, 5.74) is 2.80. The van der Waals surface area contributed by atoms with Gasteiger partial charge in [0.25, 0.3) is 5.91 Å². The molecule has 1 heterocycles. The van der Waals surface area contributed by atoms with Crippen molar-refractivity contribution < 1.29 is 19.1 Å². The molecule has 0 radical (unpaired) electrons.